The summed E-state index contributed by atoms with van der Waals surface area (Å²) >= 11 is 0. The molecule has 1 aliphatic rings. The fourth-order valence-electron chi connectivity index (χ4n) is 1.74. The van der Waals surface area contributed by atoms with Crippen LogP contribution in [0.15, 0.2) is 6.20 Å². The van der Waals surface area contributed by atoms with Crippen LogP contribution in [-0.4, -0.2) is 9.78 Å². The third-order valence-electron chi connectivity index (χ3n) is 2.65. The zero-order valence-corrected chi connectivity index (χ0v) is 8.96. The van der Waals surface area contributed by atoms with Crippen molar-refractivity contribution in [1.29, 1.82) is 0 Å². The van der Waals surface area contributed by atoms with E-state index in [9.17, 15) is 0 Å². The van der Waals surface area contributed by atoms with E-state index in [1.54, 1.807) is 0 Å². The number of aryl methyl sites for hydroxylation is 1. The number of hydrogen-bond donors (Lipinski definition) is 0. The Hall–Kier alpha value is -0.790. The van der Waals surface area contributed by atoms with Gasteiger partial charge in [-0.05, 0) is 30.7 Å². The summed E-state index contributed by atoms with van der Waals surface area (Å²) < 4.78 is 2.15. The predicted molar refractivity (Wildman–Crippen MR) is 53.9 cm³/mol. The Labute approximate surface area is 80.0 Å². The molecule has 0 amide bonds. The minimum Gasteiger partial charge on any atom is -0.269 e. The lowest BCUT2D eigenvalue weighted by molar-refractivity contribution is 0.583. The molecule has 1 aliphatic carbocycles. The monoisotopic (exact) mass is 178 g/mol. The minimum absolute atomic E-state index is 0.233. The molecule has 72 valence electrons. The number of aromatic nitrogens is 2. The second kappa shape index (κ2) is 2.60. The molecule has 1 fully saturated rings. The summed E-state index contributed by atoms with van der Waals surface area (Å²) in [7, 11) is 0. The Morgan fingerprint density at radius 3 is 2.38 bits per heavy atom. The molecule has 13 heavy (non-hydrogen) atoms. The van der Waals surface area contributed by atoms with E-state index in [1.807, 2.05) is 0 Å². The van der Waals surface area contributed by atoms with Gasteiger partial charge in [-0.25, -0.2) is 0 Å². The van der Waals surface area contributed by atoms with Crippen molar-refractivity contribution in [2.24, 2.45) is 0 Å². The van der Waals surface area contributed by atoms with Gasteiger partial charge in [-0.1, -0.05) is 20.8 Å². The second-order valence-corrected chi connectivity index (χ2v) is 5.09. The van der Waals surface area contributed by atoms with Crippen LogP contribution in [0.4, 0.5) is 0 Å². The van der Waals surface area contributed by atoms with Gasteiger partial charge in [0.2, 0.25) is 0 Å². The van der Waals surface area contributed by atoms with Gasteiger partial charge in [0.1, 0.15) is 0 Å². The molecule has 2 rings (SSSR count). The molecule has 1 aromatic heterocycles. The first kappa shape index (κ1) is 8.79. The largest absolute Gasteiger partial charge is 0.269 e. The summed E-state index contributed by atoms with van der Waals surface area (Å²) in [5.41, 5.74) is 2.82. The summed E-state index contributed by atoms with van der Waals surface area (Å²) in [5.74, 6) is 0. The van der Waals surface area contributed by atoms with Crippen LogP contribution in [0, 0.1) is 6.92 Å². The van der Waals surface area contributed by atoms with E-state index in [2.05, 4.69) is 43.7 Å². The van der Waals surface area contributed by atoms with E-state index in [0.29, 0.717) is 6.04 Å². The Balaban J connectivity index is 2.35. The molecular weight excluding hydrogens is 160 g/mol. The van der Waals surface area contributed by atoms with Crippen LogP contribution in [0.5, 0.6) is 0 Å². The molecule has 1 saturated carbocycles. The maximum absolute atomic E-state index is 4.56. The summed E-state index contributed by atoms with van der Waals surface area (Å²) in [6, 6.07) is 0.704. The predicted octanol–water partition coefficient (Wildman–Crippen LogP) is 2.82. The highest BCUT2D eigenvalue weighted by atomic mass is 15.3. The molecular formula is C11H18N2. The fourth-order valence-corrected chi connectivity index (χ4v) is 1.74. The highest BCUT2D eigenvalue weighted by molar-refractivity contribution is 5.24. The zero-order chi connectivity index (χ0) is 9.64. The molecule has 0 aromatic carbocycles. The SMILES string of the molecule is Cc1nn(C2CC2)cc1C(C)(C)C. The van der Waals surface area contributed by atoms with Gasteiger partial charge in [-0.2, -0.15) is 5.10 Å². The Morgan fingerprint density at radius 1 is 1.38 bits per heavy atom. The van der Waals surface area contributed by atoms with Crippen LogP contribution >= 0.6 is 0 Å². The molecule has 0 N–H and O–H groups in total. The average Bonchev–Trinajstić information content (AvgIpc) is 2.73. The van der Waals surface area contributed by atoms with Crippen molar-refractivity contribution >= 4 is 0 Å². The van der Waals surface area contributed by atoms with E-state index in [1.165, 1.54) is 24.1 Å². The van der Waals surface area contributed by atoms with Crippen molar-refractivity contribution in [1.82, 2.24) is 9.78 Å². The molecule has 0 atom stereocenters. The Bertz CT molecular complexity index is 313. The number of nitrogens with zero attached hydrogens (tertiary/aromatic N) is 2. The average molecular weight is 178 g/mol. The highest BCUT2D eigenvalue weighted by Gasteiger charge is 2.27. The Morgan fingerprint density at radius 2 is 2.00 bits per heavy atom. The quantitative estimate of drug-likeness (QED) is 0.646. The minimum atomic E-state index is 0.233. The van der Waals surface area contributed by atoms with Crippen LogP contribution in [0.3, 0.4) is 0 Å². The molecule has 0 spiro atoms. The normalized spacial score (nSPS) is 17.8. The third-order valence-corrected chi connectivity index (χ3v) is 2.65. The van der Waals surface area contributed by atoms with Crippen LogP contribution in [0.25, 0.3) is 0 Å². The molecule has 0 bridgehead atoms. The van der Waals surface area contributed by atoms with Crippen LogP contribution < -0.4 is 0 Å². The van der Waals surface area contributed by atoms with E-state index in [0.717, 1.165) is 0 Å². The maximum Gasteiger partial charge on any atom is 0.0631 e. The molecule has 1 heterocycles. The topological polar surface area (TPSA) is 17.8 Å². The lowest BCUT2D eigenvalue weighted by Crippen LogP contribution is -2.11. The Kier molecular flexibility index (Phi) is 1.76. The first-order chi connectivity index (χ1) is 5.98. The van der Waals surface area contributed by atoms with Crippen LogP contribution in [-0.2, 0) is 5.41 Å². The van der Waals surface area contributed by atoms with Gasteiger partial charge in [-0.3, -0.25) is 4.68 Å². The van der Waals surface area contributed by atoms with Crippen molar-refractivity contribution in [2.45, 2.75) is 52.0 Å². The molecule has 0 saturated heterocycles. The highest BCUT2D eigenvalue weighted by Crippen LogP contribution is 2.36. The van der Waals surface area contributed by atoms with E-state index in [4.69, 9.17) is 0 Å². The van der Waals surface area contributed by atoms with Crippen LogP contribution in [0.1, 0.15) is 50.9 Å². The molecule has 0 aliphatic heterocycles. The summed E-state index contributed by atoms with van der Waals surface area (Å²) in [6.07, 6.45) is 4.85. The third kappa shape index (κ3) is 1.62. The van der Waals surface area contributed by atoms with Crippen LogP contribution in [0.2, 0.25) is 0 Å². The van der Waals surface area contributed by atoms with Crippen molar-refractivity contribution in [3.8, 4) is 0 Å². The lowest BCUT2D eigenvalue weighted by Gasteiger charge is -2.16. The number of hydrogen-bond acceptors (Lipinski definition) is 1. The molecule has 0 radical (unpaired) electrons. The van der Waals surface area contributed by atoms with Crippen molar-refractivity contribution < 1.29 is 0 Å². The maximum atomic E-state index is 4.56. The van der Waals surface area contributed by atoms with Gasteiger partial charge in [-0.15, -0.1) is 0 Å². The second-order valence-electron chi connectivity index (χ2n) is 5.09. The van der Waals surface area contributed by atoms with Gasteiger partial charge >= 0.3 is 0 Å². The molecule has 2 nitrogen and oxygen atoms in total. The van der Waals surface area contributed by atoms with E-state index in [-0.39, 0.29) is 5.41 Å². The van der Waals surface area contributed by atoms with Gasteiger partial charge < -0.3 is 0 Å². The van der Waals surface area contributed by atoms with Crippen molar-refractivity contribution in [2.75, 3.05) is 0 Å². The van der Waals surface area contributed by atoms with Crippen molar-refractivity contribution in [3.63, 3.8) is 0 Å². The van der Waals surface area contributed by atoms with E-state index >= 15 is 0 Å². The number of rotatable bonds is 1. The van der Waals surface area contributed by atoms with E-state index < -0.39 is 0 Å². The fraction of sp³-hybridized carbons (Fsp3) is 0.727. The molecule has 1 aromatic rings. The van der Waals surface area contributed by atoms with Gasteiger partial charge in [0, 0.05) is 6.20 Å². The van der Waals surface area contributed by atoms with Crippen molar-refractivity contribution in [3.05, 3.63) is 17.5 Å². The summed E-state index contributed by atoms with van der Waals surface area (Å²) in [6.45, 7) is 8.84. The van der Waals surface area contributed by atoms with Gasteiger partial charge in [0.05, 0.1) is 11.7 Å². The molecule has 0 unspecified atom stereocenters. The van der Waals surface area contributed by atoms with Gasteiger partial charge in [0.25, 0.3) is 0 Å². The first-order valence-corrected chi connectivity index (χ1v) is 5.05. The summed E-state index contributed by atoms with van der Waals surface area (Å²) in [4.78, 5) is 0. The lowest BCUT2D eigenvalue weighted by atomic mass is 9.88. The van der Waals surface area contributed by atoms with Gasteiger partial charge in [0.15, 0.2) is 0 Å². The summed E-state index contributed by atoms with van der Waals surface area (Å²) in [5, 5.41) is 4.56. The molecule has 2 heteroatoms. The zero-order valence-electron chi connectivity index (χ0n) is 8.96. The smallest absolute Gasteiger partial charge is 0.0631 e. The standard InChI is InChI=1S/C11H18N2/c1-8-10(11(2,3)4)7-13(12-8)9-5-6-9/h7,9H,5-6H2,1-4H3. The first-order valence-electron chi connectivity index (χ1n) is 5.05.